The highest BCUT2D eigenvalue weighted by Crippen LogP contribution is 2.29. The van der Waals surface area contributed by atoms with Crippen molar-refractivity contribution >= 4 is 11.3 Å². The number of hydrogen-bond donors (Lipinski definition) is 2. The zero-order chi connectivity index (χ0) is 21.8. The SMILES string of the molecule is C[C@H](c1ccccc1)C(N)c1c(CNc2ccnc(C3=CC=CCC=C3)c2)c(=O)c1=O. The summed E-state index contributed by atoms with van der Waals surface area (Å²) in [5, 5.41) is 3.26. The first-order chi connectivity index (χ1) is 15.1. The summed E-state index contributed by atoms with van der Waals surface area (Å²) in [5.74, 6) is -0.0715. The van der Waals surface area contributed by atoms with E-state index in [0.717, 1.165) is 28.9 Å². The van der Waals surface area contributed by atoms with E-state index in [1.54, 1.807) is 6.20 Å². The van der Waals surface area contributed by atoms with Crippen molar-refractivity contribution < 1.29 is 0 Å². The molecule has 0 aliphatic heterocycles. The van der Waals surface area contributed by atoms with Crippen LogP contribution in [0.4, 0.5) is 5.69 Å². The van der Waals surface area contributed by atoms with Crippen LogP contribution in [-0.4, -0.2) is 4.98 Å². The van der Waals surface area contributed by atoms with E-state index in [1.165, 1.54) is 0 Å². The smallest absolute Gasteiger partial charge is 0.231 e. The zero-order valence-corrected chi connectivity index (χ0v) is 17.4. The molecule has 0 radical (unpaired) electrons. The van der Waals surface area contributed by atoms with Crippen LogP contribution in [0.3, 0.4) is 0 Å². The molecule has 1 aliphatic carbocycles. The maximum absolute atomic E-state index is 12.3. The lowest BCUT2D eigenvalue weighted by molar-refractivity contribution is 0.582. The first kappa shape index (κ1) is 20.7. The minimum atomic E-state index is -0.523. The Morgan fingerprint density at radius 3 is 2.71 bits per heavy atom. The van der Waals surface area contributed by atoms with Gasteiger partial charge in [-0.1, -0.05) is 67.6 Å². The van der Waals surface area contributed by atoms with Gasteiger partial charge in [-0.25, -0.2) is 0 Å². The second-order valence-electron chi connectivity index (χ2n) is 7.75. The molecule has 3 aromatic rings. The largest absolute Gasteiger partial charge is 0.381 e. The van der Waals surface area contributed by atoms with E-state index in [9.17, 15) is 9.59 Å². The lowest BCUT2D eigenvalue weighted by Crippen LogP contribution is -2.44. The van der Waals surface area contributed by atoms with Crippen molar-refractivity contribution in [1.82, 2.24) is 4.98 Å². The van der Waals surface area contributed by atoms with Gasteiger partial charge in [0.05, 0.1) is 5.69 Å². The molecule has 1 heterocycles. The highest BCUT2D eigenvalue weighted by molar-refractivity contribution is 5.75. The third kappa shape index (κ3) is 4.32. The fourth-order valence-electron chi connectivity index (χ4n) is 3.84. The van der Waals surface area contributed by atoms with Crippen LogP contribution in [0.25, 0.3) is 5.57 Å². The first-order valence-corrected chi connectivity index (χ1v) is 10.4. The fourth-order valence-corrected chi connectivity index (χ4v) is 3.84. The molecule has 31 heavy (non-hydrogen) atoms. The molecule has 0 fully saturated rings. The van der Waals surface area contributed by atoms with Crippen LogP contribution in [0.2, 0.25) is 0 Å². The van der Waals surface area contributed by atoms with Crippen LogP contribution in [0.5, 0.6) is 0 Å². The summed E-state index contributed by atoms with van der Waals surface area (Å²) in [7, 11) is 0. The third-order valence-corrected chi connectivity index (χ3v) is 5.75. The van der Waals surface area contributed by atoms with Gasteiger partial charge in [0.1, 0.15) is 0 Å². The van der Waals surface area contributed by atoms with Crippen LogP contribution in [0.1, 0.15) is 47.7 Å². The number of anilines is 1. The number of nitrogens with two attached hydrogens (primary N) is 1. The average Bonchev–Trinajstić information content (AvgIpc) is 3.10. The van der Waals surface area contributed by atoms with Gasteiger partial charge in [-0.2, -0.15) is 0 Å². The Morgan fingerprint density at radius 1 is 1.10 bits per heavy atom. The normalized spacial score (nSPS) is 15.4. The standard InChI is InChI=1S/C26H25N3O2/c1-17(18-9-7-4-8-10-18)24(27)23-21(25(30)26(23)31)16-29-20-13-14-28-22(15-20)19-11-5-2-3-6-12-19/h2,4-15,17,24H,3,16,27H2,1H3,(H,28,29)/t17-,24?/m1/s1. The molecule has 4 rings (SSSR count). The van der Waals surface area contributed by atoms with Crippen molar-refractivity contribution in [3.63, 3.8) is 0 Å². The van der Waals surface area contributed by atoms with Crippen molar-refractivity contribution in [2.75, 3.05) is 5.32 Å². The lowest BCUT2D eigenvalue weighted by atomic mass is 9.84. The van der Waals surface area contributed by atoms with Crippen LogP contribution >= 0.6 is 0 Å². The number of rotatable bonds is 7. The molecule has 0 saturated carbocycles. The molecule has 0 bridgehead atoms. The molecule has 5 nitrogen and oxygen atoms in total. The number of nitrogens with zero attached hydrogens (tertiary/aromatic N) is 1. The molecule has 1 unspecified atom stereocenters. The van der Waals surface area contributed by atoms with Gasteiger partial charge in [-0.3, -0.25) is 14.6 Å². The number of allylic oxidation sites excluding steroid dienone is 6. The Hall–Kier alpha value is -3.57. The maximum atomic E-state index is 12.3. The van der Waals surface area contributed by atoms with E-state index in [2.05, 4.69) is 22.5 Å². The summed E-state index contributed by atoms with van der Waals surface area (Å²) in [4.78, 5) is 29.0. The van der Waals surface area contributed by atoms with Crippen molar-refractivity contribution in [3.05, 3.63) is 122 Å². The summed E-state index contributed by atoms with van der Waals surface area (Å²) in [5.41, 5.74) is 10.1. The van der Waals surface area contributed by atoms with E-state index in [-0.39, 0.29) is 12.5 Å². The van der Waals surface area contributed by atoms with Gasteiger partial charge in [0.15, 0.2) is 0 Å². The molecule has 2 atom stereocenters. The van der Waals surface area contributed by atoms with E-state index in [1.807, 2.05) is 67.6 Å². The van der Waals surface area contributed by atoms with Crippen LogP contribution in [0, 0.1) is 0 Å². The zero-order valence-electron chi connectivity index (χ0n) is 17.4. The van der Waals surface area contributed by atoms with E-state index < -0.39 is 16.9 Å². The summed E-state index contributed by atoms with van der Waals surface area (Å²) in [6.07, 6.45) is 12.9. The van der Waals surface area contributed by atoms with Crippen LogP contribution in [-0.2, 0) is 6.54 Å². The summed E-state index contributed by atoms with van der Waals surface area (Å²) >= 11 is 0. The Morgan fingerprint density at radius 2 is 1.90 bits per heavy atom. The Bertz CT molecular complexity index is 1230. The number of aromatic nitrogens is 1. The minimum Gasteiger partial charge on any atom is -0.381 e. The molecular formula is C26H25N3O2. The highest BCUT2D eigenvalue weighted by atomic mass is 16.2. The molecule has 156 valence electrons. The maximum Gasteiger partial charge on any atom is 0.231 e. The van der Waals surface area contributed by atoms with Gasteiger partial charge in [0, 0.05) is 41.5 Å². The molecule has 0 spiro atoms. The van der Waals surface area contributed by atoms with Gasteiger partial charge in [0.25, 0.3) is 0 Å². The molecule has 1 aliphatic rings. The quantitative estimate of drug-likeness (QED) is 0.574. The van der Waals surface area contributed by atoms with Crippen LogP contribution < -0.4 is 21.9 Å². The number of nitrogens with one attached hydrogen (secondary N) is 1. The van der Waals surface area contributed by atoms with E-state index in [0.29, 0.717) is 11.1 Å². The van der Waals surface area contributed by atoms with Crippen molar-refractivity contribution in [3.8, 4) is 0 Å². The van der Waals surface area contributed by atoms with Gasteiger partial charge in [-0.15, -0.1) is 0 Å². The van der Waals surface area contributed by atoms with Gasteiger partial charge < -0.3 is 11.1 Å². The highest BCUT2D eigenvalue weighted by Gasteiger charge is 2.29. The molecule has 1 aromatic heterocycles. The van der Waals surface area contributed by atoms with Crippen LogP contribution in [0.15, 0.2) is 88.6 Å². The molecule has 3 N–H and O–H groups in total. The Kier molecular flexibility index (Phi) is 6.05. The van der Waals surface area contributed by atoms with E-state index >= 15 is 0 Å². The van der Waals surface area contributed by atoms with Crippen molar-refractivity contribution in [1.29, 1.82) is 0 Å². The minimum absolute atomic E-state index is 0.0715. The van der Waals surface area contributed by atoms with Crippen molar-refractivity contribution in [2.45, 2.75) is 31.8 Å². The predicted molar refractivity (Wildman–Crippen MR) is 126 cm³/mol. The first-order valence-electron chi connectivity index (χ1n) is 10.4. The van der Waals surface area contributed by atoms with Gasteiger partial charge >= 0.3 is 0 Å². The molecular weight excluding hydrogens is 386 g/mol. The second kappa shape index (κ2) is 9.06. The molecule has 5 heteroatoms. The molecule has 2 aromatic carbocycles. The van der Waals surface area contributed by atoms with Gasteiger partial charge in [0.2, 0.25) is 10.9 Å². The summed E-state index contributed by atoms with van der Waals surface area (Å²) in [6, 6.07) is 13.1. The monoisotopic (exact) mass is 411 g/mol. The number of benzene rings is 1. The lowest BCUT2D eigenvalue weighted by Gasteiger charge is -2.24. The summed E-state index contributed by atoms with van der Waals surface area (Å²) < 4.78 is 0. The second-order valence-corrected chi connectivity index (χ2v) is 7.75. The third-order valence-electron chi connectivity index (χ3n) is 5.75. The Balaban J connectivity index is 1.52. The predicted octanol–water partition coefficient (Wildman–Crippen LogP) is 3.99. The van der Waals surface area contributed by atoms with Crippen molar-refractivity contribution in [2.24, 2.45) is 5.73 Å². The number of pyridine rings is 1. The Labute approximate surface area is 181 Å². The average molecular weight is 412 g/mol. The molecule has 0 amide bonds. The number of hydrogen-bond acceptors (Lipinski definition) is 5. The van der Waals surface area contributed by atoms with Gasteiger partial charge in [-0.05, 0) is 29.7 Å². The fraction of sp³-hybridized carbons (Fsp3) is 0.192. The summed E-state index contributed by atoms with van der Waals surface area (Å²) in [6.45, 7) is 2.24. The molecule has 0 saturated heterocycles. The topological polar surface area (TPSA) is 85.1 Å². The van der Waals surface area contributed by atoms with E-state index in [4.69, 9.17) is 5.73 Å².